The number of anilines is 1. The molecule has 6 heteroatoms. The number of hydrogen-bond acceptors (Lipinski definition) is 4. The Morgan fingerprint density at radius 1 is 1.24 bits per heavy atom. The summed E-state index contributed by atoms with van der Waals surface area (Å²) < 4.78 is 1.72. The number of ketones is 1. The van der Waals surface area contributed by atoms with Crippen LogP contribution in [0, 0.1) is 17.3 Å². The van der Waals surface area contributed by atoms with Crippen LogP contribution in [0.5, 0.6) is 0 Å². The second-order valence-corrected chi connectivity index (χ2v) is 9.16. The zero-order valence-electron chi connectivity index (χ0n) is 17.4. The van der Waals surface area contributed by atoms with E-state index >= 15 is 0 Å². The fourth-order valence-corrected chi connectivity index (χ4v) is 5.67. The molecule has 1 aromatic heterocycles. The lowest BCUT2D eigenvalue weighted by Crippen LogP contribution is -2.56. The van der Waals surface area contributed by atoms with Gasteiger partial charge < -0.3 is 10.1 Å². The first kappa shape index (κ1) is 19.6. The van der Waals surface area contributed by atoms with Crippen molar-refractivity contribution in [3.63, 3.8) is 0 Å². The molecule has 2 aliphatic rings. The second-order valence-electron chi connectivity index (χ2n) is 9.16. The molecule has 2 aliphatic carbocycles. The normalized spacial score (nSPS) is 27.7. The van der Waals surface area contributed by atoms with Crippen molar-refractivity contribution in [2.24, 2.45) is 24.3 Å². The highest BCUT2D eigenvalue weighted by molar-refractivity contribution is 6.04. The molecule has 3 atom stereocenters. The van der Waals surface area contributed by atoms with Gasteiger partial charge in [-0.25, -0.2) is 0 Å². The average Bonchev–Trinajstić information content (AvgIpc) is 3.02. The highest BCUT2D eigenvalue weighted by Gasteiger charge is 2.58. The predicted molar refractivity (Wildman–Crippen MR) is 110 cm³/mol. The summed E-state index contributed by atoms with van der Waals surface area (Å²) in [6.07, 6.45) is 2.84. The Morgan fingerprint density at radius 3 is 2.59 bits per heavy atom. The van der Waals surface area contributed by atoms with Crippen LogP contribution in [0.2, 0.25) is 0 Å². The molecule has 6 nitrogen and oxygen atoms in total. The Bertz CT molecular complexity index is 992. The minimum atomic E-state index is -0.610. The maximum absolute atomic E-state index is 12.8. The van der Waals surface area contributed by atoms with Crippen LogP contribution in [-0.2, 0) is 28.5 Å². The minimum absolute atomic E-state index is 0.0342. The molecule has 29 heavy (non-hydrogen) atoms. The summed E-state index contributed by atoms with van der Waals surface area (Å²) in [5.74, 6) is 0.0618. The first-order valence-corrected chi connectivity index (χ1v) is 10.1. The number of carbonyl (C=O) groups excluding carboxylic acids is 3. The molecule has 1 aromatic carbocycles. The highest BCUT2D eigenvalue weighted by atomic mass is 16.2. The topological polar surface area (TPSA) is 81.1 Å². The van der Waals surface area contributed by atoms with E-state index in [1.165, 1.54) is 0 Å². The molecule has 2 aromatic rings. The highest BCUT2D eigenvalue weighted by Crippen LogP contribution is 2.57. The Hall–Kier alpha value is -2.76. The lowest BCUT2D eigenvalue weighted by molar-refractivity contribution is -0.145. The SMILES string of the molecule is Cn1nc2c(c1NC(=O)c1ccccc1)CC[C@H]1C(C)(C)C(=O)C(C=O)C[C@]21C. The molecule has 0 bridgehead atoms. The van der Waals surface area contributed by atoms with Gasteiger partial charge in [0.1, 0.15) is 17.9 Å². The van der Waals surface area contributed by atoms with Crippen LogP contribution in [0.1, 0.15) is 55.2 Å². The molecule has 1 unspecified atom stereocenters. The monoisotopic (exact) mass is 393 g/mol. The van der Waals surface area contributed by atoms with Gasteiger partial charge in [-0.3, -0.25) is 14.3 Å². The van der Waals surface area contributed by atoms with Gasteiger partial charge in [-0.2, -0.15) is 5.10 Å². The van der Waals surface area contributed by atoms with Crippen molar-refractivity contribution in [1.29, 1.82) is 0 Å². The smallest absolute Gasteiger partial charge is 0.256 e. The molecule has 0 radical (unpaired) electrons. The third-order valence-corrected chi connectivity index (χ3v) is 7.06. The molecule has 1 amide bonds. The zero-order chi connectivity index (χ0) is 21.0. The summed E-state index contributed by atoms with van der Waals surface area (Å²) >= 11 is 0. The summed E-state index contributed by atoms with van der Waals surface area (Å²) in [5, 5.41) is 7.82. The van der Waals surface area contributed by atoms with Gasteiger partial charge in [-0.15, -0.1) is 0 Å². The fourth-order valence-electron chi connectivity index (χ4n) is 5.67. The van der Waals surface area contributed by atoms with Crippen LogP contribution < -0.4 is 5.32 Å². The van der Waals surface area contributed by atoms with Gasteiger partial charge in [0.05, 0.1) is 11.6 Å². The fraction of sp³-hybridized carbons (Fsp3) is 0.478. The van der Waals surface area contributed by atoms with Crippen LogP contribution in [0.25, 0.3) is 0 Å². The largest absolute Gasteiger partial charge is 0.307 e. The van der Waals surface area contributed by atoms with Crippen LogP contribution >= 0.6 is 0 Å². The van der Waals surface area contributed by atoms with E-state index in [-0.39, 0.29) is 23.0 Å². The van der Waals surface area contributed by atoms with E-state index < -0.39 is 11.3 Å². The van der Waals surface area contributed by atoms with Crippen molar-refractivity contribution in [1.82, 2.24) is 9.78 Å². The van der Waals surface area contributed by atoms with Gasteiger partial charge in [-0.05, 0) is 37.3 Å². The quantitative estimate of drug-likeness (QED) is 0.641. The average molecular weight is 393 g/mol. The molecule has 0 spiro atoms. The number of benzene rings is 1. The molecular formula is C23H27N3O3. The number of nitrogens with one attached hydrogen (secondary N) is 1. The van der Waals surface area contributed by atoms with Crippen molar-refractivity contribution >= 4 is 23.8 Å². The van der Waals surface area contributed by atoms with Crippen molar-refractivity contribution < 1.29 is 14.4 Å². The number of fused-ring (bicyclic) bond motifs is 3. The van der Waals surface area contributed by atoms with Gasteiger partial charge in [0.25, 0.3) is 5.91 Å². The van der Waals surface area contributed by atoms with Gasteiger partial charge in [0, 0.05) is 29.0 Å². The lowest BCUT2D eigenvalue weighted by Gasteiger charge is -2.53. The number of aryl methyl sites for hydroxylation is 1. The van der Waals surface area contributed by atoms with Crippen LogP contribution in [0.3, 0.4) is 0 Å². The molecule has 1 fully saturated rings. The second kappa shape index (κ2) is 6.65. The maximum Gasteiger partial charge on any atom is 0.256 e. The molecule has 0 aliphatic heterocycles. The number of nitrogens with zero attached hydrogens (tertiary/aromatic N) is 2. The number of Topliss-reactive ketones (excluding diaryl/α,β-unsaturated/α-hetero) is 1. The van der Waals surface area contributed by atoms with Gasteiger partial charge in [0.15, 0.2) is 0 Å². The molecular weight excluding hydrogens is 366 g/mol. The molecule has 152 valence electrons. The van der Waals surface area contributed by atoms with E-state index in [1.54, 1.807) is 16.8 Å². The molecule has 1 saturated carbocycles. The first-order valence-electron chi connectivity index (χ1n) is 10.1. The maximum atomic E-state index is 12.8. The molecule has 1 N–H and O–H groups in total. The summed E-state index contributed by atoms with van der Waals surface area (Å²) in [6.45, 7) is 6.04. The van der Waals surface area contributed by atoms with Crippen LogP contribution in [-0.4, -0.2) is 27.8 Å². The van der Waals surface area contributed by atoms with Crippen molar-refractivity contribution in [3.8, 4) is 0 Å². The van der Waals surface area contributed by atoms with Crippen LogP contribution in [0.15, 0.2) is 30.3 Å². The van der Waals surface area contributed by atoms with Gasteiger partial charge in [-0.1, -0.05) is 39.0 Å². The summed E-state index contributed by atoms with van der Waals surface area (Å²) in [6, 6.07) is 9.10. The van der Waals surface area contributed by atoms with E-state index in [9.17, 15) is 14.4 Å². The third kappa shape index (κ3) is 2.84. The van der Waals surface area contributed by atoms with E-state index in [0.29, 0.717) is 17.8 Å². The Kier molecular flexibility index (Phi) is 4.48. The molecule has 4 rings (SSSR count). The van der Waals surface area contributed by atoms with Gasteiger partial charge >= 0.3 is 0 Å². The van der Waals surface area contributed by atoms with Crippen molar-refractivity contribution in [2.75, 3.05) is 5.32 Å². The Labute approximate surface area is 170 Å². The number of amides is 1. The molecule has 1 heterocycles. The zero-order valence-corrected chi connectivity index (χ0v) is 17.4. The predicted octanol–water partition coefficient (Wildman–Crippen LogP) is 3.31. The Balaban J connectivity index is 1.75. The number of aldehydes is 1. The first-order chi connectivity index (χ1) is 13.7. The minimum Gasteiger partial charge on any atom is -0.307 e. The Morgan fingerprint density at radius 2 is 1.93 bits per heavy atom. The van der Waals surface area contributed by atoms with Crippen LogP contribution in [0.4, 0.5) is 5.82 Å². The summed E-state index contributed by atoms with van der Waals surface area (Å²) in [4.78, 5) is 37.2. The molecule has 0 saturated heterocycles. The number of aromatic nitrogens is 2. The van der Waals surface area contributed by atoms with E-state index in [1.807, 2.05) is 39.1 Å². The van der Waals surface area contributed by atoms with E-state index in [0.717, 1.165) is 30.4 Å². The van der Waals surface area contributed by atoms with Crippen molar-refractivity contribution in [3.05, 3.63) is 47.2 Å². The number of carbonyl (C=O) groups is 3. The number of hydrogen-bond donors (Lipinski definition) is 1. The lowest BCUT2D eigenvalue weighted by atomic mass is 9.49. The summed E-state index contributed by atoms with van der Waals surface area (Å²) in [7, 11) is 1.83. The van der Waals surface area contributed by atoms with E-state index in [2.05, 4.69) is 12.2 Å². The van der Waals surface area contributed by atoms with E-state index in [4.69, 9.17) is 5.10 Å². The summed E-state index contributed by atoms with van der Waals surface area (Å²) in [5.41, 5.74) is 1.55. The van der Waals surface area contributed by atoms with Crippen molar-refractivity contribution in [2.45, 2.75) is 45.4 Å². The number of rotatable bonds is 3. The standard InChI is InChI=1S/C23H27N3O3/c1-22(2)17-11-10-16-18(23(17,3)12-15(13-27)19(22)28)25-26(4)20(16)24-21(29)14-8-6-5-7-9-14/h5-9,13,15,17H,10-12H2,1-4H3,(H,24,29)/t15?,17-,23-/m0/s1. The third-order valence-electron chi connectivity index (χ3n) is 7.06. The van der Waals surface area contributed by atoms with Gasteiger partial charge in [0.2, 0.25) is 0 Å².